The minimum atomic E-state index is -5.01. The predicted octanol–water partition coefficient (Wildman–Crippen LogP) is 2.99. The van der Waals surface area contributed by atoms with Crippen molar-refractivity contribution in [3.8, 4) is 16.9 Å². The van der Waals surface area contributed by atoms with E-state index >= 15 is 0 Å². The van der Waals surface area contributed by atoms with Crippen LogP contribution in [-0.4, -0.2) is 95.1 Å². The molecule has 2 aliphatic rings. The summed E-state index contributed by atoms with van der Waals surface area (Å²) in [6.45, 7) is 3.52. The number of benzene rings is 2. The molecule has 44 heavy (non-hydrogen) atoms. The number of para-hydroxylation sites is 1. The van der Waals surface area contributed by atoms with Gasteiger partial charge in [0.2, 0.25) is 5.91 Å². The van der Waals surface area contributed by atoms with Crippen molar-refractivity contribution < 1.29 is 37.4 Å². The number of alkyl halides is 3. The molecule has 2 saturated heterocycles. The molecule has 0 aliphatic carbocycles. The van der Waals surface area contributed by atoms with Crippen molar-refractivity contribution in [2.45, 2.75) is 31.6 Å². The molecule has 0 bridgehead atoms. The highest BCUT2D eigenvalue weighted by molar-refractivity contribution is 6.12. The molecule has 1 atom stereocenters. The third kappa shape index (κ3) is 5.32. The SMILES string of the molecule is COc1c(C(N)=O)cc(C(F)(F)F)c(-c2c(C(=O)O)n(C)c3c(CN4CCN(C(=O)C5CCCN5C)CC4)cccc23)c1N. The fourth-order valence-electron chi connectivity index (χ4n) is 6.61. The highest BCUT2D eigenvalue weighted by Crippen LogP contribution is 2.49. The molecule has 14 heteroatoms. The van der Waals surface area contributed by atoms with E-state index in [1.165, 1.54) is 11.6 Å². The number of ether oxygens (including phenoxy) is 1. The lowest BCUT2D eigenvalue weighted by molar-refractivity contribution is -0.138. The highest BCUT2D eigenvalue weighted by Gasteiger charge is 2.40. The number of primary amides is 1. The fraction of sp³-hybridized carbons (Fsp3) is 0.433. The number of aromatic carboxylic acids is 1. The van der Waals surface area contributed by atoms with Crippen molar-refractivity contribution in [3.63, 3.8) is 0 Å². The fourth-order valence-corrected chi connectivity index (χ4v) is 6.61. The van der Waals surface area contributed by atoms with E-state index in [-0.39, 0.29) is 28.6 Å². The molecule has 0 saturated carbocycles. The number of anilines is 1. The maximum absolute atomic E-state index is 14.5. The Morgan fingerprint density at radius 1 is 1.07 bits per heavy atom. The number of nitrogen functional groups attached to an aromatic ring is 1. The number of nitrogens with zero attached hydrogens (tertiary/aromatic N) is 4. The summed E-state index contributed by atoms with van der Waals surface area (Å²) >= 11 is 0. The van der Waals surface area contributed by atoms with Crippen LogP contribution in [0.2, 0.25) is 0 Å². The zero-order valence-corrected chi connectivity index (χ0v) is 24.7. The quantitative estimate of drug-likeness (QED) is 0.344. The van der Waals surface area contributed by atoms with Crippen LogP contribution in [0.25, 0.3) is 22.0 Å². The number of hydrogen-bond donors (Lipinski definition) is 3. The van der Waals surface area contributed by atoms with E-state index in [0.29, 0.717) is 49.9 Å². The van der Waals surface area contributed by atoms with Crippen LogP contribution in [0.15, 0.2) is 24.3 Å². The van der Waals surface area contributed by atoms with Crippen LogP contribution in [0.3, 0.4) is 0 Å². The van der Waals surface area contributed by atoms with Gasteiger partial charge in [-0.15, -0.1) is 0 Å². The molecule has 2 aromatic carbocycles. The molecule has 1 unspecified atom stereocenters. The minimum Gasteiger partial charge on any atom is -0.494 e. The van der Waals surface area contributed by atoms with Crippen LogP contribution in [-0.2, 0) is 24.6 Å². The van der Waals surface area contributed by atoms with Gasteiger partial charge in [0.15, 0.2) is 5.75 Å². The number of nitrogens with two attached hydrogens (primary N) is 2. The zero-order chi connectivity index (χ0) is 32.1. The molecule has 3 heterocycles. The standard InChI is InChI=1S/C30H35F3N6O5/c1-36-9-5-8-20(36)28(41)39-12-10-38(11-13-39)15-16-6-4-7-17-21(25(29(42)43)37(2)24(16)17)22-19(30(31,32)33)14-18(27(35)40)26(44-3)23(22)34/h4,6-7,14,20H,5,8-13,15,34H2,1-3H3,(H2,35,40)(H,42,43). The maximum Gasteiger partial charge on any atom is 0.417 e. The van der Waals surface area contributed by atoms with Crippen LogP contribution in [0.5, 0.6) is 5.75 Å². The molecule has 2 amide bonds. The third-order valence-electron chi connectivity index (χ3n) is 8.72. The number of piperazine rings is 1. The van der Waals surface area contributed by atoms with E-state index in [1.54, 1.807) is 18.2 Å². The topological polar surface area (TPSA) is 147 Å². The average Bonchev–Trinajstić information content (AvgIpc) is 3.52. The van der Waals surface area contributed by atoms with Crippen LogP contribution >= 0.6 is 0 Å². The van der Waals surface area contributed by atoms with Gasteiger partial charge in [-0.05, 0) is 38.1 Å². The molecule has 5 N–H and O–H groups in total. The highest BCUT2D eigenvalue weighted by atomic mass is 19.4. The Labute approximate surface area is 251 Å². The first kappa shape index (κ1) is 31.1. The van der Waals surface area contributed by atoms with Gasteiger partial charge >= 0.3 is 12.1 Å². The molecule has 1 aromatic heterocycles. The van der Waals surface area contributed by atoms with Gasteiger partial charge < -0.3 is 30.8 Å². The summed E-state index contributed by atoms with van der Waals surface area (Å²) in [5.74, 6) is -2.89. The van der Waals surface area contributed by atoms with E-state index < -0.39 is 46.1 Å². The van der Waals surface area contributed by atoms with Gasteiger partial charge in [0, 0.05) is 56.3 Å². The van der Waals surface area contributed by atoms with Gasteiger partial charge in [-0.2, -0.15) is 13.2 Å². The van der Waals surface area contributed by atoms with E-state index in [1.807, 2.05) is 11.9 Å². The smallest absolute Gasteiger partial charge is 0.417 e. The number of fused-ring (bicyclic) bond motifs is 1. The minimum absolute atomic E-state index is 0.101. The number of amides is 2. The number of rotatable bonds is 7. The summed E-state index contributed by atoms with van der Waals surface area (Å²) in [7, 11) is 4.57. The number of aromatic nitrogens is 1. The van der Waals surface area contributed by atoms with Gasteiger partial charge in [0.25, 0.3) is 5.91 Å². The summed E-state index contributed by atoms with van der Waals surface area (Å²) in [6.07, 6.45) is -3.18. The molecule has 5 rings (SSSR count). The zero-order valence-electron chi connectivity index (χ0n) is 24.7. The number of likely N-dealkylation sites (tertiary alicyclic amines) is 1. The number of halogens is 3. The Kier molecular flexibility index (Phi) is 8.25. The largest absolute Gasteiger partial charge is 0.494 e. The number of likely N-dealkylation sites (N-methyl/N-ethyl adjacent to an activating group) is 1. The monoisotopic (exact) mass is 616 g/mol. The second kappa shape index (κ2) is 11.7. The Bertz CT molecular complexity index is 1640. The number of aryl methyl sites for hydroxylation is 1. The summed E-state index contributed by atoms with van der Waals surface area (Å²) in [5.41, 5.74) is 9.00. The predicted molar refractivity (Wildman–Crippen MR) is 157 cm³/mol. The van der Waals surface area contributed by atoms with Gasteiger partial charge in [-0.1, -0.05) is 18.2 Å². The lowest BCUT2D eigenvalue weighted by Crippen LogP contribution is -2.52. The van der Waals surface area contributed by atoms with Crippen molar-refractivity contribution in [1.82, 2.24) is 19.3 Å². The summed E-state index contributed by atoms with van der Waals surface area (Å²) < 4.78 is 50.0. The lowest BCUT2D eigenvalue weighted by Gasteiger charge is -2.37. The molecular formula is C30H35F3N6O5. The third-order valence-corrected chi connectivity index (χ3v) is 8.72. The number of carbonyl (C=O) groups excluding carboxylic acids is 2. The van der Waals surface area contributed by atoms with Gasteiger partial charge in [0.05, 0.1) is 35.5 Å². The number of carbonyl (C=O) groups is 3. The summed E-state index contributed by atoms with van der Waals surface area (Å²) in [4.78, 5) is 43.8. The van der Waals surface area contributed by atoms with Crippen LogP contribution in [0.4, 0.5) is 18.9 Å². The molecule has 3 aromatic rings. The van der Waals surface area contributed by atoms with E-state index in [2.05, 4.69) is 9.80 Å². The van der Waals surface area contributed by atoms with Gasteiger partial charge in [-0.25, -0.2) is 4.79 Å². The van der Waals surface area contributed by atoms with Crippen molar-refractivity contribution in [3.05, 3.63) is 46.6 Å². The van der Waals surface area contributed by atoms with Crippen molar-refractivity contribution in [1.29, 1.82) is 0 Å². The Hall–Kier alpha value is -4.30. The van der Waals surface area contributed by atoms with Crippen molar-refractivity contribution in [2.24, 2.45) is 12.8 Å². The first-order chi connectivity index (χ1) is 20.8. The number of hydrogen-bond acceptors (Lipinski definition) is 7. The van der Waals surface area contributed by atoms with E-state index in [0.717, 1.165) is 26.5 Å². The number of methoxy groups -OCH3 is 1. The van der Waals surface area contributed by atoms with E-state index in [4.69, 9.17) is 16.2 Å². The lowest BCUT2D eigenvalue weighted by atomic mass is 9.91. The number of carboxylic acids is 1. The van der Waals surface area contributed by atoms with Gasteiger partial charge in [-0.3, -0.25) is 19.4 Å². The molecule has 2 aliphatic heterocycles. The molecular weight excluding hydrogens is 581 g/mol. The molecule has 236 valence electrons. The first-order valence-electron chi connectivity index (χ1n) is 14.2. The van der Waals surface area contributed by atoms with Crippen LogP contribution in [0, 0.1) is 0 Å². The molecule has 11 nitrogen and oxygen atoms in total. The summed E-state index contributed by atoms with van der Waals surface area (Å²) in [6, 6.07) is 5.44. The summed E-state index contributed by atoms with van der Waals surface area (Å²) in [5, 5.41) is 10.5. The average molecular weight is 617 g/mol. The Morgan fingerprint density at radius 2 is 1.75 bits per heavy atom. The van der Waals surface area contributed by atoms with E-state index in [9.17, 15) is 32.7 Å². The Morgan fingerprint density at radius 3 is 2.30 bits per heavy atom. The Balaban J connectivity index is 1.57. The maximum atomic E-state index is 14.5. The van der Waals surface area contributed by atoms with Crippen LogP contribution in [0.1, 0.15) is 44.8 Å². The second-order valence-electron chi connectivity index (χ2n) is 11.3. The van der Waals surface area contributed by atoms with Crippen molar-refractivity contribution >= 4 is 34.4 Å². The van der Waals surface area contributed by atoms with Crippen molar-refractivity contribution in [2.75, 3.05) is 52.6 Å². The molecule has 0 spiro atoms. The second-order valence-corrected chi connectivity index (χ2v) is 11.3. The van der Waals surface area contributed by atoms with Crippen LogP contribution < -0.4 is 16.2 Å². The molecule has 0 radical (unpaired) electrons. The molecule has 2 fully saturated rings. The normalized spacial score (nSPS) is 18.2. The first-order valence-corrected chi connectivity index (χ1v) is 14.2. The number of carboxylic acid groups (broad SMARTS) is 1. The van der Waals surface area contributed by atoms with Gasteiger partial charge in [0.1, 0.15) is 5.69 Å².